The zero-order chi connectivity index (χ0) is 24.3. The minimum absolute atomic E-state index is 0.0934. The van der Waals surface area contributed by atoms with Gasteiger partial charge in [0.05, 0.1) is 4.90 Å². The van der Waals surface area contributed by atoms with Crippen LogP contribution in [0.15, 0.2) is 71.6 Å². The Labute approximate surface area is 200 Å². The number of nitrogens with one attached hydrogen (secondary N) is 1. The number of carbonyl (C=O) groups excluding carboxylic acids is 1. The van der Waals surface area contributed by atoms with Crippen LogP contribution in [-0.4, -0.2) is 44.8 Å². The summed E-state index contributed by atoms with van der Waals surface area (Å²) in [7, 11) is -3.76. The van der Waals surface area contributed by atoms with Gasteiger partial charge in [0.1, 0.15) is 5.82 Å². The maximum Gasteiger partial charge on any atom is 0.255 e. The van der Waals surface area contributed by atoms with E-state index in [9.17, 15) is 17.6 Å². The van der Waals surface area contributed by atoms with Crippen molar-refractivity contribution in [2.24, 2.45) is 0 Å². The third-order valence-corrected chi connectivity index (χ3v) is 8.04. The molecule has 1 saturated heterocycles. The van der Waals surface area contributed by atoms with Crippen LogP contribution in [0.1, 0.15) is 28.4 Å². The summed E-state index contributed by atoms with van der Waals surface area (Å²) in [6.45, 7) is 5.56. The van der Waals surface area contributed by atoms with Crippen LogP contribution in [0.5, 0.6) is 0 Å². The fourth-order valence-electron chi connectivity index (χ4n) is 4.17. The monoisotopic (exact) mass is 481 g/mol. The molecule has 3 aromatic rings. The van der Waals surface area contributed by atoms with E-state index in [1.54, 1.807) is 24.3 Å². The summed E-state index contributed by atoms with van der Waals surface area (Å²) < 4.78 is 41.2. The second-order valence-electron chi connectivity index (χ2n) is 8.31. The zero-order valence-corrected chi connectivity index (χ0v) is 20.1. The van der Waals surface area contributed by atoms with E-state index in [0.717, 1.165) is 28.9 Å². The van der Waals surface area contributed by atoms with E-state index >= 15 is 0 Å². The molecular weight excluding hydrogens is 453 g/mol. The Balaban J connectivity index is 1.49. The number of halogens is 1. The second kappa shape index (κ2) is 9.95. The molecule has 1 N–H and O–H groups in total. The smallest absolute Gasteiger partial charge is 0.255 e. The highest BCUT2D eigenvalue weighted by molar-refractivity contribution is 7.89. The van der Waals surface area contributed by atoms with Crippen molar-refractivity contribution in [3.05, 3.63) is 89.2 Å². The summed E-state index contributed by atoms with van der Waals surface area (Å²) in [5.41, 5.74) is 3.89. The first-order valence-electron chi connectivity index (χ1n) is 11.3. The van der Waals surface area contributed by atoms with E-state index in [4.69, 9.17) is 0 Å². The Kier molecular flexibility index (Phi) is 7.00. The van der Waals surface area contributed by atoms with Gasteiger partial charge in [-0.15, -0.1) is 0 Å². The summed E-state index contributed by atoms with van der Waals surface area (Å²) in [6, 6.07) is 18.2. The maximum atomic E-state index is 13.3. The second-order valence-corrected chi connectivity index (χ2v) is 10.3. The number of para-hydroxylation sites is 1. The van der Waals surface area contributed by atoms with E-state index in [0.29, 0.717) is 26.2 Å². The number of sulfonamides is 1. The highest BCUT2D eigenvalue weighted by atomic mass is 32.2. The number of carbonyl (C=O) groups is 1. The number of amides is 1. The molecule has 8 heteroatoms. The summed E-state index contributed by atoms with van der Waals surface area (Å²) in [6.07, 6.45) is 0.773. The molecular formula is C26H28FN3O3S. The van der Waals surface area contributed by atoms with Crippen LogP contribution in [0.4, 0.5) is 15.8 Å². The summed E-state index contributed by atoms with van der Waals surface area (Å²) in [4.78, 5) is 15.1. The molecule has 0 aromatic heterocycles. The average Bonchev–Trinajstić information content (AvgIpc) is 2.86. The first kappa shape index (κ1) is 23.9. The number of anilines is 2. The number of benzene rings is 3. The van der Waals surface area contributed by atoms with E-state index in [1.807, 2.05) is 36.9 Å². The third kappa shape index (κ3) is 4.98. The van der Waals surface area contributed by atoms with E-state index in [1.165, 1.54) is 28.6 Å². The van der Waals surface area contributed by atoms with E-state index in [-0.39, 0.29) is 22.2 Å². The Hall–Kier alpha value is -3.23. The molecule has 0 saturated carbocycles. The lowest BCUT2D eigenvalue weighted by atomic mass is 10.1. The molecule has 6 nitrogen and oxygen atoms in total. The van der Waals surface area contributed by atoms with Crippen molar-refractivity contribution in [2.45, 2.75) is 25.2 Å². The van der Waals surface area contributed by atoms with Crippen molar-refractivity contribution in [3.8, 4) is 0 Å². The van der Waals surface area contributed by atoms with Gasteiger partial charge in [0.25, 0.3) is 5.91 Å². The number of nitrogens with zero attached hydrogens (tertiary/aromatic N) is 2. The molecule has 0 atom stereocenters. The predicted molar refractivity (Wildman–Crippen MR) is 132 cm³/mol. The van der Waals surface area contributed by atoms with Gasteiger partial charge in [0, 0.05) is 43.1 Å². The molecule has 0 bridgehead atoms. The molecule has 178 valence electrons. The Bertz CT molecular complexity index is 1280. The van der Waals surface area contributed by atoms with E-state index in [2.05, 4.69) is 5.32 Å². The van der Waals surface area contributed by atoms with Gasteiger partial charge in [-0.3, -0.25) is 4.79 Å². The molecule has 0 radical (unpaired) electrons. The van der Waals surface area contributed by atoms with Gasteiger partial charge in [0.15, 0.2) is 0 Å². The molecule has 0 spiro atoms. The SMILES string of the molecule is CCc1cccc(C)c1NC(=O)c1cccc(S(=O)(=O)N2CCN(c3ccc(F)cc3)CC2)c1. The Morgan fingerprint density at radius 3 is 2.32 bits per heavy atom. The minimum Gasteiger partial charge on any atom is -0.369 e. The molecule has 0 aliphatic carbocycles. The lowest BCUT2D eigenvalue weighted by Crippen LogP contribution is -2.48. The highest BCUT2D eigenvalue weighted by Gasteiger charge is 2.29. The quantitative estimate of drug-likeness (QED) is 0.564. The van der Waals surface area contributed by atoms with Gasteiger partial charge < -0.3 is 10.2 Å². The van der Waals surface area contributed by atoms with Crippen molar-refractivity contribution < 1.29 is 17.6 Å². The van der Waals surface area contributed by atoms with Crippen molar-refractivity contribution in [1.82, 2.24) is 4.31 Å². The first-order valence-corrected chi connectivity index (χ1v) is 12.7. The van der Waals surface area contributed by atoms with Crippen LogP contribution in [0.25, 0.3) is 0 Å². The van der Waals surface area contributed by atoms with Gasteiger partial charge >= 0.3 is 0 Å². The molecule has 1 amide bonds. The van der Waals surface area contributed by atoms with Crippen LogP contribution in [-0.2, 0) is 16.4 Å². The predicted octanol–water partition coefficient (Wildman–Crippen LogP) is 4.46. The van der Waals surface area contributed by atoms with Crippen molar-refractivity contribution in [2.75, 3.05) is 36.4 Å². The van der Waals surface area contributed by atoms with Crippen LogP contribution in [0.3, 0.4) is 0 Å². The van der Waals surface area contributed by atoms with Crippen LogP contribution in [0.2, 0.25) is 0 Å². The number of hydrogen-bond donors (Lipinski definition) is 1. The molecule has 3 aromatic carbocycles. The van der Waals surface area contributed by atoms with Crippen molar-refractivity contribution >= 4 is 27.3 Å². The van der Waals surface area contributed by atoms with Gasteiger partial charge in [-0.25, -0.2) is 12.8 Å². The molecule has 1 aliphatic rings. The van der Waals surface area contributed by atoms with E-state index < -0.39 is 10.0 Å². The van der Waals surface area contributed by atoms with Crippen molar-refractivity contribution in [3.63, 3.8) is 0 Å². The molecule has 0 unspecified atom stereocenters. The Morgan fingerprint density at radius 1 is 0.971 bits per heavy atom. The number of aryl methyl sites for hydroxylation is 2. The number of rotatable bonds is 6. The van der Waals surface area contributed by atoms with Crippen LogP contribution < -0.4 is 10.2 Å². The van der Waals surface area contributed by atoms with Gasteiger partial charge in [-0.05, 0) is 66.9 Å². The highest BCUT2D eigenvalue weighted by Crippen LogP contribution is 2.24. The lowest BCUT2D eigenvalue weighted by Gasteiger charge is -2.35. The van der Waals surface area contributed by atoms with Crippen LogP contribution >= 0.6 is 0 Å². The standard InChI is InChI=1S/C26H28FN3O3S/c1-3-20-7-4-6-19(2)25(20)28-26(31)21-8-5-9-24(18-21)34(32,33)30-16-14-29(15-17-30)23-12-10-22(27)11-13-23/h4-13,18H,3,14-17H2,1-2H3,(H,28,31). The van der Waals surface area contributed by atoms with Crippen molar-refractivity contribution in [1.29, 1.82) is 0 Å². The molecule has 34 heavy (non-hydrogen) atoms. The molecule has 1 heterocycles. The number of hydrogen-bond acceptors (Lipinski definition) is 4. The first-order chi connectivity index (χ1) is 16.3. The molecule has 1 aliphatic heterocycles. The summed E-state index contributed by atoms with van der Waals surface area (Å²) >= 11 is 0. The minimum atomic E-state index is -3.76. The number of piperazine rings is 1. The van der Waals surface area contributed by atoms with Gasteiger partial charge in [0.2, 0.25) is 10.0 Å². The van der Waals surface area contributed by atoms with Gasteiger partial charge in [-0.1, -0.05) is 31.2 Å². The van der Waals surface area contributed by atoms with Gasteiger partial charge in [-0.2, -0.15) is 4.31 Å². The topological polar surface area (TPSA) is 69.7 Å². The van der Waals surface area contributed by atoms with Crippen LogP contribution in [0, 0.1) is 12.7 Å². The summed E-state index contributed by atoms with van der Waals surface area (Å²) in [5.74, 6) is -0.649. The molecule has 4 rings (SSSR count). The lowest BCUT2D eigenvalue weighted by molar-refractivity contribution is 0.102. The zero-order valence-electron chi connectivity index (χ0n) is 19.3. The average molecular weight is 482 g/mol. The maximum absolute atomic E-state index is 13.3. The fourth-order valence-corrected chi connectivity index (χ4v) is 5.64. The molecule has 1 fully saturated rings. The Morgan fingerprint density at radius 2 is 1.65 bits per heavy atom. The third-order valence-electron chi connectivity index (χ3n) is 6.14. The largest absolute Gasteiger partial charge is 0.369 e. The normalized spacial score (nSPS) is 14.7. The fraction of sp³-hybridized carbons (Fsp3) is 0.269. The summed E-state index contributed by atoms with van der Waals surface area (Å²) in [5, 5.41) is 2.95.